The highest BCUT2D eigenvalue weighted by molar-refractivity contribution is 7.07. The van der Waals surface area contributed by atoms with Gasteiger partial charge in [-0.2, -0.15) is 0 Å². The summed E-state index contributed by atoms with van der Waals surface area (Å²) >= 11 is 1.24. The maximum atomic E-state index is 13.9. The average Bonchev–Trinajstić information content (AvgIpc) is 3.22. The van der Waals surface area contributed by atoms with E-state index in [2.05, 4.69) is 4.99 Å². The Balaban J connectivity index is 2.01. The number of benzene rings is 2. The van der Waals surface area contributed by atoms with Gasteiger partial charge in [0, 0.05) is 5.56 Å². The van der Waals surface area contributed by atoms with Gasteiger partial charge in [0.25, 0.3) is 5.56 Å². The van der Waals surface area contributed by atoms with Crippen molar-refractivity contribution in [3.8, 4) is 23.0 Å². The SMILES string of the molecule is CCOC(=O)C1=C(C)N=c2s/c(=C\c3ccccc3OCC)c(=O)n2[C@H]1c1cc(OC)c(OC)c(OC)c1. The van der Waals surface area contributed by atoms with E-state index in [0.29, 0.717) is 50.2 Å². The minimum absolute atomic E-state index is 0.177. The summed E-state index contributed by atoms with van der Waals surface area (Å²) in [7, 11) is 4.53. The van der Waals surface area contributed by atoms with E-state index < -0.39 is 12.0 Å². The third-order valence-electron chi connectivity index (χ3n) is 6.03. The number of para-hydroxylation sites is 1. The van der Waals surface area contributed by atoms with Crippen molar-refractivity contribution in [1.29, 1.82) is 0 Å². The molecule has 38 heavy (non-hydrogen) atoms. The summed E-state index contributed by atoms with van der Waals surface area (Å²) in [6.45, 7) is 6.04. The number of carbonyl (C=O) groups is 1. The molecule has 1 aromatic heterocycles. The third-order valence-corrected chi connectivity index (χ3v) is 7.01. The van der Waals surface area contributed by atoms with E-state index in [1.165, 1.54) is 37.2 Å². The molecule has 1 aliphatic heterocycles. The van der Waals surface area contributed by atoms with E-state index in [-0.39, 0.29) is 17.7 Å². The number of hydrogen-bond acceptors (Lipinski definition) is 9. The molecule has 9 nitrogen and oxygen atoms in total. The lowest BCUT2D eigenvalue weighted by Gasteiger charge is -2.26. The summed E-state index contributed by atoms with van der Waals surface area (Å²) in [4.78, 5) is 32.2. The molecule has 10 heteroatoms. The van der Waals surface area contributed by atoms with Crippen molar-refractivity contribution < 1.29 is 28.5 Å². The third kappa shape index (κ3) is 4.91. The van der Waals surface area contributed by atoms with Gasteiger partial charge in [-0.25, -0.2) is 9.79 Å². The predicted molar refractivity (Wildman–Crippen MR) is 144 cm³/mol. The van der Waals surface area contributed by atoms with Gasteiger partial charge in [0.05, 0.1) is 56.4 Å². The highest BCUT2D eigenvalue weighted by Crippen LogP contribution is 2.42. The summed E-state index contributed by atoms with van der Waals surface area (Å²) in [5, 5.41) is 0. The number of hydrogen-bond donors (Lipinski definition) is 0. The van der Waals surface area contributed by atoms with Crippen molar-refractivity contribution in [2.24, 2.45) is 4.99 Å². The maximum absolute atomic E-state index is 13.9. The number of thiazole rings is 1. The van der Waals surface area contributed by atoms with Crippen LogP contribution in [-0.2, 0) is 9.53 Å². The molecule has 3 aromatic rings. The molecule has 0 N–H and O–H groups in total. The van der Waals surface area contributed by atoms with Gasteiger partial charge < -0.3 is 23.7 Å². The Kier molecular flexibility index (Phi) is 8.21. The Bertz CT molecular complexity index is 1540. The van der Waals surface area contributed by atoms with Gasteiger partial charge in [-0.3, -0.25) is 9.36 Å². The number of ether oxygens (including phenoxy) is 5. The zero-order valence-electron chi connectivity index (χ0n) is 22.2. The Morgan fingerprint density at radius 3 is 2.32 bits per heavy atom. The van der Waals surface area contributed by atoms with Crippen molar-refractivity contribution in [1.82, 2.24) is 4.57 Å². The number of fused-ring (bicyclic) bond motifs is 1. The summed E-state index contributed by atoms with van der Waals surface area (Å²) in [6, 6.07) is 10.1. The second-order valence-corrected chi connectivity index (χ2v) is 9.24. The molecule has 0 bridgehead atoms. The monoisotopic (exact) mass is 538 g/mol. The van der Waals surface area contributed by atoms with Crippen molar-refractivity contribution in [3.05, 3.63) is 78.5 Å². The van der Waals surface area contributed by atoms with Crippen LogP contribution in [0, 0.1) is 0 Å². The molecular formula is C28H30N2O7S. The number of esters is 1. The van der Waals surface area contributed by atoms with Crippen LogP contribution in [0.4, 0.5) is 0 Å². The van der Waals surface area contributed by atoms with Crippen LogP contribution < -0.4 is 33.8 Å². The summed E-state index contributed by atoms with van der Waals surface area (Å²) in [5.74, 6) is 1.31. The first-order valence-electron chi connectivity index (χ1n) is 12.1. The van der Waals surface area contributed by atoms with Gasteiger partial charge in [0.1, 0.15) is 5.75 Å². The zero-order chi connectivity index (χ0) is 27.4. The average molecular weight is 539 g/mol. The predicted octanol–water partition coefficient (Wildman–Crippen LogP) is 3.22. The smallest absolute Gasteiger partial charge is 0.338 e. The molecule has 2 aromatic carbocycles. The standard InChI is InChI=1S/C28H30N2O7S/c1-7-36-19-12-10-9-11-17(19)15-22-26(31)30-24(18-13-20(33-4)25(35-6)21(14-18)34-5)23(27(32)37-8-2)16(3)29-28(30)38-22/h9-15,24H,7-8H2,1-6H3/b22-15-/t24-/m0/s1. The molecule has 0 saturated carbocycles. The van der Waals surface area contributed by atoms with Crippen LogP contribution in [0.2, 0.25) is 0 Å². The van der Waals surface area contributed by atoms with Crippen molar-refractivity contribution in [3.63, 3.8) is 0 Å². The van der Waals surface area contributed by atoms with Crippen molar-refractivity contribution in [2.75, 3.05) is 34.5 Å². The van der Waals surface area contributed by atoms with Gasteiger partial charge in [0.2, 0.25) is 5.75 Å². The van der Waals surface area contributed by atoms with Gasteiger partial charge in [-0.05, 0) is 50.6 Å². The lowest BCUT2D eigenvalue weighted by Crippen LogP contribution is -2.40. The number of rotatable bonds is 9. The molecule has 0 radical (unpaired) electrons. The highest BCUT2D eigenvalue weighted by Gasteiger charge is 2.34. The van der Waals surface area contributed by atoms with Crippen LogP contribution >= 0.6 is 11.3 Å². The number of methoxy groups -OCH3 is 3. The number of allylic oxidation sites excluding steroid dienone is 1. The molecule has 0 aliphatic carbocycles. The second kappa shape index (κ2) is 11.6. The minimum Gasteiger partial charge on any atom is -0.493 e. The van der Waals surface area contributed by atoms with Gasteiger partial charge in [-0.15, -0.1) is 0 Å². The number of nitrogens with zero attached hydrogens (tertiary/aromatic N) is 2. The lowest BCUT2D eigenvalue weighted by atomic mass is 9.95. The minimum atomic E-state index is -0.830. The van der Waals surface area contributed by atoms with Crippen LogP contribution in [0.1, 0.15) is 37.9 Å². The molecule has 2 heterocycles. The summed E-state index contributed by atoms with van der Waals surface area (Å²) in [6.07, 6.45) is 1.78. The van der Waals surface area contributed by atoms with Crippen LogP contribution in [-0.4, -0.2) is 45.1 Å². The van der Waals surface area contributed by atoms with Gasteiger partial charge in [0.15, 0.2) is 16.3 Å². The molecule has 4 rings (SSSR count). The Morgan fingerprint density at radius 1 is 1.03 bits per heavy atom. The first-order chi connectivity index (χ1) is 18.4. The Labute approximate surface area is 224 Å². The van der Waals surface area contributed by atoms with Crippen molar-refractivity contribution >= 4 is 23.4 Å². The molecule has 200 valence electrons. The summed E-state index contributed by atoms with van der Waals surface area (Å²) in [5.41, 5.74) is 1.78. The van der Waals surface area contributed by atoms with Crippen LogP contribution in [0.5, 0.6) is 23.0 Å². The highest BCUT2D eigenvalue weighted by atomic mass is 32.1. The van der Waals surface area contributed by atoms with E-state index in [0.717, 1.165) is 5.56 Å². The largest absolute Gasteiger partial charge is 0.493 e. The molecule has 1 atom stereocenters. The normalized spacial score (nSPS) is 15.0. The first-order valence-corrected chi connectivity index (χ1v) is 12.9. The number of aromatic nitrogens is 1. The fraction of sp³-hybridized carbons (Fsp3) is 0.321. The van der Waals surface area contributed by atoms with E-state index in [1.54, 1.807) is 32.1 Å². The van der Waals surface area contributed by atoms with Crippen LogP contribution in [0.25, 0.3) is 6.08 Å². The van der Waals surface area contributed by atoms with E-state index in [9.17, 15) is 9.59 Å². The van der Waals surface area contributed by atoms with Gasteiger partial charge in [-0.1, -0.05) is 29.5 Å². The van der Waals surface area contributed by atoms with Gasteiger partial charge >= 0.3 is 5.97 Å². The molecule has 0 saturated heterocycles. The molecule has 0 amide bonds. The fourth-order valence-electron chi connectivity index (χ4n) is 4.39. The van der Waals surface area contributed by atoms with Crippen LogP contribution in [0.3, 0.4) is 0 Å². The number of carbonyl (C=O) groups excluding carboxylic acids is 1. The lowest BCUT2D eigenvalue weighted by molar-refractivity contribution is -0.139. The molecule has 0 spiro atoms. The van der Waals surface area contributed by atoms with E-state index in [4.69, 9.17) is 23.7 Å². The molecule has 0 fully saturated rings. The second-order valence-electron chi connectivity index (χ2n) is 8.23. The molecule has 1 aliphatic rings. The molecular weight excluding hydrogens is 508 g/mol. The topological polar surface area (TPSA) is 97.6 Å². The fourth-order valence-corrected chi connectivity index (χ4v) is 5.43. The molecule has 0 unspecified atom stereocenters. The zero-order valence-corrected chi connectivity index (χ0v) is 23.0. The Morgan fingerprint density at radius 2 is 1.71 bits per heavy atom. The Hall–Kier alpha value is -4.05. The first kappa shape index (κ1) is 27.0. The quantitative estimate of drug-likeness (QED) is 0.386. The van der Waals surface area contributed by atoms with Crippen molar-refractivity contribution in [2.45, 2.75) is 26.8 Å². The summed E-state index contributed by atoms with van der Waals surface area (Å²) < 4.78 is 29.7. The van der Waals surface area contributed by atoms with Crippen LogP contribution in [0.15, 0.2) is 57.5 Å². The maximum Gasteiger partial charge on any atom is 0.338 e. The van der Waals surface area contributed by atoms with E-state index >= 15 is 0 Å². The van der Waals surface area contributed by atoms with E-state index in [1.807, 2.05) is 31.2 Å².